The Labute approximate surface area is 92.9 Å². The van der Waals surface area contributed by atoms with Gasteiger partial charge in [0.05, 0.1) is 5.69 Å². The molecular weight excluding hydrogens is 300 g/mol. The molecule has 0 bridgehead atoms. The molecular formula is C8H8Br2N2O. The predicted molar refractivity (Wildman–Crippen MR) is 60.6 cm³/mol. The van der Waals surface area contributed by atoms with Gasteiger partial charge in [-0.25, -0.2) is 0 Å². The molecule has 0 spiro atoms. The van der Waals surface area contributed by atoms with Gasteiger partial charge in [-0.1, -0.05) is 0 Å². The van der Waals surface area contributed by atoms with E-state index in [1.165, 1.54) is 6.92 Å². The Bertz CT molecular complexity index is 352. The molecule has 13 heavy (non-hydrogen) atoms. The molecule has 0 saturated heterocycles. The summed E-state index contributed by atoms with van der Waals surface area (Å²) in [4.78, 5) is 10.8. The zero-order chi connectivity index (χ0) is 10.0. The van der Waals surface area contributed by atoms with Crippen LogP contribution in [0.5, 0.6) is 0 Å². The molecule has 0 radical (unpaired) electrons. The molecule has 3 nitrogen and oxygen atoms in total. The topological polar surface area (TPSA) is 55.1 Å². The van der Waals surface area contributed by atoms with Crippen LogP contribution < -0.4 is 11.1 Å². The third-order valence-electron chi connectivity index (χ3n) is 1.40. The van der Waals surface area contributed by atoms with Crippen molar-refractivity contribution < 1.29 is 4.79 Å². The summed E-state index contributed by atoms with van der Waals surface area (Å²) in [6.07, 6.45) is 0. The summed E-state index contributed by atoms with van der Waals surface area (Å²) in [5.41, 5.74) is 6.96. The minimum absolute atomic E-state index is 0.114. The molecule has 0 aliphatic carbocycles. The molecule has 0 aliphatic rings. The number of nitrogens with two attached hydrogens (primary N) is 1. The van der Waals surface area contributed by atoms with Gasteiger partial charge < -0.3 is 11.1 Å². The second-order valence-corrected chi connectivity index (χ2v) is 4.24. The molecule has 0 saturated carbocycles. The van der Waals surface area contributed by atoms with Crippen molar-refractivity contribution in [1.82, 2.24) is 0 Å². The summed E-state index contributed by atoms with van der Waals surface area (Å²) in [7, 11) is 0. The van der Waals surface area contributed by atoms with Crippen LogP contribution in [0.4, 0.5) is 11.4 Å². The van der Waals surface area contributed by atoms with E-state index in [0.29, 0.717) is 11.4 Å². The summed E-state index contributed by atoms with van der Waals surface area (Å²) < 4.78 is 1.53. The van der Waals surface area contributed by atoms with E-state index < -0.39 is 0 Å². The highest BCUT2D eigenvalue weighted by molar-refractivity contribution is 9.11. The number of halogens is 2. The number of carbonyl (C=O) groups is 1. The number of carbonyl (C=O) groups excluding carboxylic acids is 1. The van der Waals surface area contributed by atoms with Crippen molar-refractivity contribution in [3.05, 3.63) is 21.1 Å². The Morgan fingerprint density at radius 3 is 2.54 bits per heavy atom. The minimum Gasteiger partial charge on any atom is -0.398 e. The maximum atomic E-state index is 10.8. The summed E-state index contributed by atoms with van der Waals surface area (Å²) in [6.45, 7) is 1.46. The van der Waals surface area contributed by atoms with Crippen molar-refractivity contribution in [3.8, 4) is 0 Å². The van der Waals surface area contributed by atoms with Crippen LogP contribution in [-0.2, 0) is 4.79 Å². The van der Waals surface area contributed by atoms with Gasteiger partial charge in [-0.3, -0.25) is 4.79 Å². The fraction of sp³-hybridized carbons (Fsp3) is 0.125. The molecule has 1 aromatic carbocycles. The molecule has 1 aromatic rings. The Morgan fingerprint density at radius 2 is 2.00 bits per heavy atom. The van der Waals surface area contributed by atoms with Gasteiger partial charge in [-0.2, -0.15) is 0 Å². The Morgan fingerprint density at radius 1 is 1.38 bits per heavy atom. The first-order valence-electron chi connectivity index (χ1n) is 3.53. The van der Waals surface area contributed by atoms with Gasteiger partial charge in [-0.05, 0) is 44.0 Å². The lowest BCUT2D eigenvalue weighted by Gasteiger charge is -2.07. The number of rotatable bonds is 1. The maximum absolute atomic E-state index is 10.8. The molecule has 3 N–H and O–H groups in total. The van der Waals surface area contributed by atoms with Gasteiger partial charge >= 0.3 is 0 Å². The molecule has 1 rings (SSSR count). The largest absolute Gasteiger partial charge is 0.398 e. The van der Waals surface area contributed by atoms with E-state index in [2.05, 4.69) is 37.2 Å². The lowest BCUT2D eigenvalue weighted by Crippen LogP contribution is -2.06. The van der Waals surface area contributed by atoms with Crippen LogP contribution in [0.25, 0.3) is 0 Å². The standard InChI is InChI=1S/C8H8Br2N2O/c1-4(13)12-8-3-5(9)7(11)2-6(8)10/h2-3H,11H2,1H3,(H,12,13). The van der Waals surface area contributed by atoms with Crippen LogP contribution in [-0.4, -0.2) is 5.91 Å². The smallest absolute Gasteiger partial charge is 0.221 e. The molecule has 0 unspecified atom stereocenters. The Kier molecular flexibility index (Phi) is 3.33. The fourth-order valence-electron chi connectivity index (χ4n) is 0.848. The van der Waals surface area contributed by atoms with Crippen molar-refractivity contribution in [2.24, 2.45) is 0 Å². The van der Waals surface area contributed by atoms with Crippen LogP contribution in [0, 0.1) is 0 Å². The molecule has 70 valence electrons. The highest BCUT2D eigenvalue weighted by Crippen LogP contribution is 2.31. The van der Waals surface area contributed by atoms with Crippen molar-refractivity contribution >= 4 is 49.1 Å². The van der Waals surface area contributed by atoms with E-state index in [4.69, 9.17) is 5.73 Å². The van der Waals surface area contributed by atoms with Crippen molar-refractivity contribution in [1.29, 1.82) is 0 Å². The highest BCUT2D eigenvalue weighted by atomic mass is 79.9. The summed E-state index contributed by atoms with van der Waals surface area (Å²) in [5, 5.41) is 2.67. The normalized spacial score (nSPS) is 9.77. The van der Waals surface area contributed by atoms with Crippen molar-refractivity contribution in [2.45, 2.75) is 6.92 Å². The average Bonchev–Trinajstić information content (AvgIpc) is 1.99. The number of benzene rings is 1. The lowest BCUT2D eigenvalue weighted by molar-refractivity contribution is -0.114. The SMILES string of the molecule is CC(=O)Nc1cc(Br)c(N)cc1Br. The number of anilines is 2. The molecule has 0 fully saturated rings. The molecule has 0 aliphatic heterocycles. The zero-order valence-corrected chi connectivity index (χ0v) is 10.1. The van der Waals surface area contributed by atoms with E-state index in [9.17, 15) is 4.79 Å². The van der Waals surface area contributed by atoms with Gasteiger partial charge in [-0.15, -0.1) is 0 Å². The van der Waals surface area contributed by atoms with Gasteiger partial charge in [0.15, 0.2) is 0 Å². The first-order chi connectivity index (χ1) is 6.00. The lowest BCUT2D eigenvalue weighted by atomic mass is 10.3. The molecule has 0 atom stereocenters. The zero-order valence-electron chi connectivity index (χ0n) is 6.90. The molecule has 0 aromatic heterocycles. The van der Waals surface area contributed by atoms with Crippen molar-refractivity contribution in [3.63, 3.8) is 0 Å². The Hall–Kier alpha value is -0.550. The number of amides is 1. The number of nitrogens with one attached hydrogen (secondary N) is 1. The summed E-state index contributed by atoms with van der Waals surface area (Å²) >= 11 is 6.57. The molecule has 5 heteroatoms. The number of nitrogen functional groups attached to an aromatic ring is 1. The average molecular weight is 308 g/mol. The first kappa shape index (κ1) is 10.5. The number of hydrogen-bond donors (Lipinski definition) is 2. The monoisotopic (exact) mass is 306 g/mol. The van der Waals surface area contributed by atoms with Crippen LogP contribution in [0.2, 0.25) is 0 Å². The summed E-state index contributed by atoms with van der Waals surface area (Å²) in [5.74, 6) is -0.114. The predicted octanol–water partition coefficient (Wildman–Crippen LogP) is 2.75. The third-order valence-corrected chi connectivity index (χ3v) is 2.74. The van der Waals surface area contributed by atoms with Crippen molar-refractivity contribution in [2.75, 3.05) is 11.1 Å². The maximum Gasteiger partial charge on any atom is 0.221 e. The van der Waals surface area contributed by atoms with Crippen LogP contribution >= 0.6 is 31.9 Å². The third kappa shape index (κ3) is 2.70. The second-order valence-electron chi connectivity index (χ2n) is 2.53. The van der Waals surface area contributed by atoms with Crippen LogP contribution in [0.15, 0.2) is 21.1 Å². The van der Waals surface area contributed by atoms with E-state index in [1.54, 1.807) is 12.1 Å². The minimum atomic E-state index is -0.114. The fourth-order valence-corrected chi connectivity index (χ4v) is 1.65. The van der Waals surface area contributed by atoms with Gasteiger partial charge in [0, 0.05) is 21.6 Å². The van der Waals surface area contributed by atoms with E-state index >= 15 is 0 Å². The Balaban J connectivity index is 3.08. The highest BCUT2D eigenvalue weighted by Gasteiger charge is 2.05. The van der Waals surface area contributed by atoms with Gasteiger partial charge in [0.1, 0.15) is 0 Å². The first-order valence-corrected chi connectivity index (χ1v) is 5.11. The summed E-state index contributed by atoms with van der Waals surface area (Å²) in [6, 6.07) is 3.48. The molecule has 1 amide bonds. The van der Waals surface area contributed by atoms with Crippen LogP contribution in [0.3, 0.4) is 0 Å². The van der Waals surface area contributed by atoms with E-state index in [0.717, 1.165) is 8.95 Å². The molecule has 0 heterocycles. The van der Waals surface area contributed by atoms with Gasteiger partial charge in [0.2, 0.25) is 5.91 Å². The van der Waals surface area contributed by atoms with E-state index in [1.807, 2.05) is 0 Å². The van der Waals surface area contributed by atoms with E-state index in [-0.39, 0.29) is 5.91 Å². The quantitative estimate of drug-likeness (QED) is 0.784. The van der Waals surface area contributed by atoms with Gasteiger partial charge in [0.25, 0.3) is 0 Å². The number of hydrogen-bond acceptors (Lipinski definition) is 2. The van der Waals surface area contributed by atoms with Crippen LogP contribution in [0.1, 0.15) is 6.92 Å². The second kappa shape index (κ2) is 4.11.